The van der Waals surface area contributed by atoms with Crippen molar-refractivity contribution in [1.29, 1.82) is 0 Å². The average Bonchev–Trinajstić information content (AvgIpc) is 3.24. The summed E-state index contributed by atoms with van der Waals surface area (Å²) in [5.41, 5.74) is 0.380. The van der Waals surface area contributed by atoms with Crippen molar-refractivity contribution in [2.24, 2.45) is 5.41 Å². The van der Waals surface area contributed by atoms with E-state index in [1.54, 1.807) is 11.0 Å². The zero-order valence-electron chi connectivity index (χ0n) is 14.2. The van der Waals surface area contributed by atoms with Crippen LogP contribution in [0.2, 0.25) is 0 Å². The van der Waals surface area contributed by atoms with Crippen molar-refractivity contribution in [3.05, 3.63) is 35.6 Å². The van der Waals surface area contributed by atoms with Crippen LogP contribution < -0.4 is 5.32 Å². The van der Waals surface area contributed by atoms with Crippen LogP contribution in [0, 0.1) is 11.2 Å². The highest BCUT2D eigenvalue weighted by Crippen LogP contribution is 2.50. The minimum absolute atomic E-state index is 0. The molecule has 1 saturated carbocycles. The average molecular weight is 391 g/mol. The zero-order valence-corrected chi connectivity index (χ0v) is 15.8. The molecule has 2 fully saturated rings. The first-order valence-corrected chi connectivity index (χ1v) is 10.3. The molecule has 140 valence electrons. The van der Waals surface area contributed by atoms with E-state index in [0.717, 1.165) is 18.4 Å². The first kappa shape index (κ1) is 20.1. The second-order valence-corrected chi connectivity index (χ2v) is 9.25. The van der Waals surface area contributed by atoms with Crippen LogP contribution >= 0.6 is 12.4 Å². The minimum atomic E-state index is -3.10. The van der Waals surface area contributed by atoms with E-state index in [4.69, 9.17) is 0 Å². The lowest BCUT2D eigenvalue weighted by molar-refractivity contribution is -0.135. The molecular weight excluding hydrogens is 367 g/mol. The fourth-order valence-electron chi connectivity index (χ4n) is 3.54. The van der Waals surface area contributed by atoms with Gasteiger partial charge in [0.15, 0.2) is 0 Å². The quantitative estimate of drug-likeness (QED) is 0.834. The fourth-order valence-corrected chi connectivity index (χ4v) is 5.05. The highest BCUT2D eigenvalue weighted by molar-refractivity contribution is 7.90. The SMILES string of the molecule is CS(=O)(=O)CC1(CC(=O)N2CCNCC2c2cccc(F)c2)CC1.Cl. The normalized spacial score (nSPS) is 22.2. The second-order valence-electron chi connectivity index (χ2n) is 7.11. The van der Waals surface area contributed by atoms with Gasteiger partial charge in [-0.25, -0.2) is 12.8 Å². The molecule has 1 N–H and O–H groups in total. The van der Waals surface area contributed by atoms with Crippen molar-refractivity contribution in [3.63, 3.8) is 0 Å². The molecule has 1 atom stereocenters. The highest BCUT2D eigenvalue weighted by atomic mass is 35.5. The summed E-state index contributed by atoms with van der Waals surface area (Å²) in [6, 6.07) is 6.10. The molecule has 1 aromatic rings. The molecule has 2 aliphatic rings. The Labute approximate surface area is 154 Å². The van der Waals surface area contributed by atoms with Gasteiger partial charge in [0.2, 0.25) is 5.91 Å². The maximum atomic E-state index is 13.5. The number of nitrogens with zero attached hydrogens (tertiary/aromatic N) is 1. The number of hydrogen-bond acceptors (Lipinski definition) is 4. The molecule has 3 rings (SSSR count). The molecule has 1 amide bonds. The molecule has 1 saturated heterocycles. The van der Waals surface area contributed by atoms with Crippen molar-refractivity contribution in [3.8, 4) is 0 Å². The number of halogens is 2. The van der Waals surface area contributed by atoms with Crippen LogP contribution in [0.1, 0.15) is 30.9 Å². The van der Waals surface area contributed by atoms with Crippen LogP contribution in [0.4, 0.5) is 4.39 Å². The maximum absolute atomic E-state index is 13.5. The third-order valence-electron chi connectivity index (χ3n) is 4.85. The van der Waals surface area contributed by atoms with Gasteiger partial charge in [-0.2, -0.15) is 0 Å². The van der Waals surface area contributed by atoms with Gasteiger partial charge in [0.05, 0.1) is 11.8 Å². The molecule has 0 aromatic heterocycles. The molecule has 0 spiro atoms. The largest absolute Gasteiger partial charge is 0.333 e. The Kier molecular flexibility index (Phi) is 6.12. The summed E-state index contributed by atoms with van der Waals surface area (Å²) in [5.74, 6) is -0.282. The summed E-state index contributed by atoms with van der Waals surface area (Å²) in [6.45, 7) is 1.82. The van der Waals surface area contributed by atoms with Crippen LogP contribution in [0.3, 0.4) is 0 Å². The number of amides is 1. The number of carbonyl (C=O) groups is 1. The first-order valence-electron chi connectivity index (χ1n) is 8.21. The molecule has 1 aliphatic heterocycles. The standard InChI is InChI=1S/C17H23FN2O3S.ClH/c1-24(22,23)12-17(5-6-17)10-16(21)20-8-7-19-11-15(20)13-3-2-4-14(18)9-13;/h2-4,9,15,19H,5-8,10-12H2,1H3;1H. The Morgan fingerprint density at radius 3 is 2.72 bits per heavy atom. The third kappa shape index (κ3) is 5.15. The lowest BCUT2D eigenvalue weighted by Gasteiger charge is -2.37. The number of nitrogens with one attached hydrogen (secondary N) is 1. The van der Waals surface area contributed by atoms with Crippen LogP contribution in [0.15, 0.2) is 24.3 Å². The van der Waals surface area contributed by atoms with Crippen molar-refractivity contribution in [2.45, 2.75) is 25.3 Å². The summed E-state index contributed by atoms with van der Waals surface area (Å²) in [6.07, 6.45) is 3.04. The molecule has 0 bridgehead atoms. The van der Waals surface area contributed by atoms with E-state index in [0.29, 0.717) is 19.6 Å². The van der Waals surface area contributed by atoms with Gasteiger partial charge < -0.3 is 10.2 Å². The van der Waals surface area contributed by atoms with E-state index in [2.05, 4.69) is 5.32 Å². The predicted octanol–water partition coefficient (Wildman–Crippen LogP) is 1.94. The number of benzene rings is 1. The molecule has 5 nitrogen and oxygen atoms in total. The smallest absolute Gasteiger partial charge is 0.223 e. The summed E-state index contributed by atoms with van der Waals surface area (Å²) < 4.78 is 36.7. The molecule has 1 unspecified atom stereocenters. The van der Waals surface area contributed by atoms with E-state index in [-0.39, 0.29) is 47.8 Å². The minimum Gasteiger partial charge on any atom is -0.333 e. The Hall–Kier alpha value is -1.18. The number of sulfone groups is 1. The molecule has 1 aromatic carbocycles. The van der Waals surface area contributed by atoms with Crippen LogP contribution in [-0.2, 0) is 14.6 Å². The first-order chi connectivity index (χ1) is 11.3. The summed E-state index contributed by atoms with van der Waals surface area (Å²) in [7, 11) is -3.10. The zero-order chi connectivity index (χ0) is 17.4. The molecule has 1 heterocycles. The van der Waals surface area contributed by atoms with Gasteiger partial charge in [0.1, 0.15) is 15.7 Å². The Morgan fingerprint density at radius 2 is 2.12 bits per heavy atom. The van der Waals surface area contributed by atoms with Gasteiger partial charge in [-0.1, -0.05) is 12.1 Å². The van der Waals surface area contributed by atoms with Crippen LogP contribution in [0.25, 0.3) is 0 Å². The van der Waals surface area contributed by atoms with Gasteiger partial charge in [-0.15, -0.1) is 12.4 Å². The molecule has 0 radical (unpaired) electrons. The monoisotopic (exact) mass is 390 g/mol. The van der Waals surface area contributed by atoms with E-state index in [1.165, 1.54) is 18.4 Å². The Balaban J connectivity index is 0.00000225. The van der Waals surface area contributed by atoms with Gasteiger partial charge in [0, 0.05) is 32.3 Å². The van der Waals surface area contributed by atoms with Gasteiger partial charge in [0.25, 0.3) is 0 Å². The Bertz CT molecular complexity index is 737. The third-order valence-corrected chi connectivity index (χ3v) is 5.99. The van der Waals surface area contributed by atoms with E-state index in [1.807, 2.05) is 6.07 Å². The topological polar surface area (TPSA) is 66.5 Å². The second kappa shape index (κ2) is 7.60. The van der Waals surface area contributed by atoms with Crippen molar-refractivity contribution < 1.29 is 17.6 Å². The summed E-state index contributed by atoms with van der Waals surface area (Å²) in [4.78, 5) is 14.6. The van der Waals surface area contributed by atoms with Crippen molar-refractivity contribution >= 4 is 28.2 Å². The van der Waals surface area contributed by atoms with Crippen molar-refractivity contribution in [1.82, 2.24) is 10.2 Å². The number of rotatable bonds is 5. The molecular formula is C17H24ClFN2O3S. The molecule has 25 heavy (non-hydrogen) atoms. The van der Waals surface area contributed by atoms with Crippen LogP contribution in [-0.4, -0.2) is 50.9 Å². The Morgan fingerprint density at radius 1 is 1.40 bits per heavy atom. The predicted molar refractivity (Wildman–Crippen MR) is 97.0 cm³/mol. The van der Waals surface area contributed by atoms with Crippen LogP contribution in [0.5, 0.6) is 0 Å². The van der Waals surface area contributed by atoms with Gasteiger partial charge in [-0.3, -0.25) is 4.79 Å². The van der Waals surface area contributed by atoms with Gasteiger partial charge >= 0.3 is 0 Å². The number of piperazine rings is 1. The maximum Gasteiger partial charge on any atom is 0.223 e. The lowest BCUT2D eigenvalue weighted by atomic mass is 9.99. The fraction of sp³-hybridized carbons (Fsp3) is 0.588. The van der Waals surface area contributed by atoms with E-state index >= 15 is 0 Å². The lowest BCUT2D eigenvalue weighted by Crippen LogP contribution is -2.49. The molecule has 8 heteroatoms. The van der Waals surface area contributed by atoms with Crippen molar-refractivity contribution in [2.75, 3.05) is 31.6 Å². The number of carbonyl (C=O) groups excluding carboxylic acids is 1. The molecule has 1 aliphatic carbocycles. The van der Waals surface area contributed by atoms with Gasteiger partial charge in [-0.05, 0) is 36.0 Å². The van der Waals surface area contributed by atoms with E-state index in [9.17, 15) is 17.6 Å². The number of hydrogen-bond donors (Lipinski definition) is 1. The summed E-state index contributed by atoms with van der Waals surface area (Å²) in [5, 5.41) is 3.24. The highest BCUT2D eigenvalue weighted by Gasteiger charge is 2.48. The summed E-state index contributed by atoms with van der Waals surface area (Å²) >= 11 is 0. The van der Waals surface area contributed by atoms with E-state index < -0.39 is 9.84 Å².